The van der Waals surface area contributed by atoms with Crippen LogP contribution in [-0.4, -0.2) is 19.2 Å². The van der Waals surface area contributed by atoms with Crippen LogP contribution in [0.5, 0.6) is 11.5 Å². The number of hydrogen-bond donors (Lipinski definition) is 1. The Bertz CT molecular complexity index is 788. The van der Waals surface area contributed by atoms with Gasteiger partial charge >= 0.3 is 0 Å². The zero-order chi connectivity index (χ0) is 14.8. The molecule has 0 aliphatic rings. The number of anilines is 2. The average Bonchev–Trinajstić information content (AvgIpc) is 2.88. The molecule has 3 aromatic rings. The summed E-state index contributed by atoms with van der Waals surface area (Å²) in [6.07, 6.45) is 0. The van der Waals surface area contributed by atoms with Crippen molar-refractivity contribution in [3.8, 4) is 11.5 Å². The van der Waals surface area contributed by atoms with Gasteiger partial charge in [0.05, 0.1) is 24.4 Å². The highest BCUT2D eigenvalue weighted by Gasteiger charge is 2.08. The van der Waals surface area contributed by atoms with Crippen LogP contribution in [0.25, 0.3) is 10.2 Å². The van der Waals surface area contributed by atoms with Gasteiger partial charge in [0.25, 0.3) is 0 Å². The summed E-state index contributed by atoms with van der Waals surface area (Å²) in [6, 6.07) is 10.1. The number of methoxy groups -OCH3 is 2. The Morgan fingerprint density at radius 2 is 1.86 bits per heavy atom. The highest BCUT2D eigenvalue weighted by atomic mass is 32.1. The lowest BCUT2D eigenvalue weighted by molar-refractivity contribution is 0.355. The SMILES string of the molecule is COc1ccc(Nc2nc3ccc(F)cc3s2)cc1OC. The van der Waals surface area contributed by atoms with E-state index in [9.17, 15) is 4.39 Å². The quantitative estimate of drug-likeness (QED) is 0.784. The third kappa shape index (κ3) is 2.75. The molecule has 0 spiro atoms. The number of fused-ring (bicyclic) bond motifs is 1. The topological polar surface area (TPSA) is 43.4 Å². The van der Waals surface area contributed by atoms with Crippen LogP contribution in [0.4, 0.5) is 15.2 Å². The number of halogens is 1. The molecule has 1 N–H and O–H groups in total. The normalized spacial score (nSPS) is 10.6. The molecule has 21 heavy (non-hydrogen) atoms. The maximum Gasteiger partial charge on any atom is 0.188 e. The van der Waals surface area contributed by atoms with Gasteiger partial charge < -0.3 is 14.8 Å². The Kier molecular flexibility index (Phi) is 3.62. The third-order valence-corrected chi connectivity index (χ3v) is 3.92. The van der Waals surface area contributed by atoms with E-state index in [1.54, 1.807) is 20.3 Å². The molecule has 0 radical (unpaired) electrons. The third-order valence-electron chi connectivity index (χ3n) is 2.99. The van der Waals surface area contributed by atoms with Crippen LogP contribution in [-0.2, 0) is 0 Å². The number of thiazole rings is 1. The van der Waals surface area contributed by atoms with Gasteiger partial charge in [-0.2, -0.15) is 0 Å². The highest BCUT2D eigenvalue weighted by molar-refractivity contribution is 7.22. The van der Waals surface area contributed by atoms with Gasteiger partial charge in [0.2, 0.25) is 0 Å². The van der Waals surface area contributed by atoms with Gasteiger partial charge in [-0.05, 0) is 30.3 Å². The number of rotatable bonds is 4. The average molecular weight is 304 g/mol. The van der Waals surface area contributed by atoms with Crippen molar-refractivity contribution in [1.29, 1.82) is 0 Å². The van der Waals surface area contributed by atoms with Crippen molar-refractivity contribution in [3.05, 3.63) is 42.2 Å². The van der Waals surface area contributed by atoms with Gasteiger partial charge in [0.1, 0.15) is 5.82 Å². The van der Waals surface area contributed by atoms with Crippen LogP contribution in [0.1, 0.15) is 0 Å². The van der Waals surface area contributed by atoms with E-state index >= 15 is 0 Å². The van der Waals surface area contributed by atoms with Crippen molar-refractivity contribution in [1.82, 2.24) is 4.98 Å². The molecule has 0 fully saturated rings. The van der Waals surface area contributed by atoms with Gasteiger partial charge in [-0.25, -0.2) is 9.37 Å². The fraction of sp³-hybridized carbons (Fsp3) is 0.133. The second kappa shape index (κ2) is 5.57. The molecule has 108 valence electrons. The molecular formula is C15H13FN2O2S. The summed E-state index contributed by atoms with van der Waals surface area (Å²) >= 11 is 1.40. The molecule has 0 aliphatic heterocycles. The Labute approximate surface area is 125 Å². The summed E-state index contributed by atoms with van der Waals surface area (Å²) in [7, 11) is 3.18. The highest BCUT2D eigenvalue weighted by Crippen LogP contribution is 2.33. The summed E-state index contributed by atoms with van der Waals surface area (Å²) < 4.78 is 24.4. The second-order valence-corrected chi connectivity index (χ2v) is 5.36. The molecule has 2 aromatic carbocycles. The zero-order valence-electron chi connectivity index (χ0n) is 11.5. The van der Waals surface area contributed by atoms with E-state index in [1.165, 1.54) is 23.5 Å². The predicted octanol–water partition coefficient (Wildman–Crippen LogP) is 4.20. The molecule has 0 saturated heterocycles. The number of benzene rings is 2. The summed E-state index contributed by atoms with van der Waals surface area (Å²) in [5, 5.41) is 3.89. The van der Waals surface area contributed by atoms with Crippen molar-refractivity contribution in [2.45, 2.75) is 0 Å². The van der Waals surface area contributed by atoms with Crippen LogP contribution in [0.15, 0.2) is 36.4 Å². The Morgan fingerprint density at radius 3 is 2.62 bits per heavy atom. The van der Waals surface area contributed by atoms with Crippen LogP contribution >= 0.6 is 11.3 Å². The Morgan fingerprint density at radius 1 is 1.05 bits per heavy atom. The van der Waals surface area contributed by atoms with E-state index in [2.05, 4.69) is 10.3 Å². The van der Waals surface area contributed by atoms with E-state index in [4.69, 9.17) is 9.47 Å². The van der Waals surface area contributed by atoms with E-state index in [0.29, 0.717) is 16.6 Å². The number of hydrogen-bond acceptors (Lipinski definition) is 5. The fourth-order valence-electron chi connectivity index (χ4n) is 1.99. The summed E-state index contributed by atoms with van der Waals surface area (Å²) in [5.74, 6) is 1.04. The summed E-state index contributed by atoms with van der Waals surface area (Å²) in [4.78, 5) is 4.42. The first-order chi connectivity index (χ1) is 10.2. The lowest BCUT2D eigenvalue weighted by Gasteiger charge is -2.09. The zero-order valence-corrected chi connectivity index (χ0v) is 12.3. The molecular weight excluding hydrogens is 291 g/mol. The maximum absolute atomic E-state index is 13.2. The predicted molar refractivity (Wildman–Crippen MR) is 82.4 cm³/mol. The number of nitrogens with one attached hydrogen (secondary N) is 1. The van der Waals surface area contributed by atoms with E-state index in [1.807, 2.05) is 18.2 Å². The minimum atomic E-state index is -0.260. The maximum atomic E-state index is 13.2. The van der Waals surface area contributed by atoms with Crippen molar-refractivity contribution in [2.75, 3.05) is 19.5 Å². The van der Waals surface area contributed by atoms with E-state index in [-0.39, 0.29) is 5.82 Å². The van der Waals surface area contributed by atoms with Gasteiger partial charge in [-0.3, -0.25) is 0 Å². The molecule has 3 rings (SSSR count). The monoisotopic (exact) mass is 304 g/mol. The van der Waals surface area contributed by atoms with Gasteiger partial charge in [-0.15, -0.1) is 0 Å². The van der Waals surface area contributed by atoms with Crippen molar-refractivity contribution < 1.29 is 13.9 Å². The largest absolute Gasteiger partial charge is 0.493 e. The summed E-state index contributed by atoms with van der Waals surface area (Å²) in [6.45, 7) is 0. The molecule has 0 atom stereocenters. The number of nitrogens with zero attached hydrogens (tertiary/aromatic N) is 1. The molecule has 1 aromatic heterocycles. The molecule has 1 heterocycles. The van der Waals surface area contributed by atoms with E-state index in [0.717, 1.165) is 15.9 Å². The fourth-order valence-corrected chi connectivity index (χ4v) is 2.90. The smallest absolute Gasteiger partial charge is 0.188 e. The summed E-state index contributed by atoms with van der Waals surface area (Å²) in [5.41, 5.74) is 1.59. The molecule has 0 aliphatic carbocycles. The second-order valence-electron chi connectivity index (χ2n) is 4.33. The van der Waals surface area contributed by atoms with Crippen molar-refractivity contribution >= 4 is 32.4 Å². The first kappa shape index (κ1) is 13.6. The number of aromatic nitrogens is 1. The first-order valence-electron chi connectivity index (χ1n) is 6.25. The molecule has 0 unspecified atom stereocenters. The van der Waals surface area contributed by atoms with Gasteiger partial charge in [0, 0.05) is 11.8 Å². The minimum Gasteiger partial charge on any atom is -0.493 e. The van der Waals surface area contributed by atoms with Crippen LogP contribution in [0.3, 0.4) is 0 Å². The van der Waals surface area contributed by atoms with Gasteiger partial charge in [-0.1, -0.05) is 11.3 Å². The molecule has 6 heteroatoms. The standard InChI is InChI=1S/C15H13FN2O2S/c1-19-12-6-4-10(8-13(12)20-2)17-15-18-11-5-3-9(16)7-14(11)21-15/h3-8H,1-2H3,(H,17,18). The lowest BCUT2D eigenvalue weighted by atomic mass is 10.3. The molecule has 0 saturated carbocycles. The molecule has 4 nitrogen and oxygen atoms in total. The Hall–Kier alpha value is -2.34. The minimum absolute atomic E-state index is 0.260. The first-order valence-corrected chi connectivity index (χ1v) is 7.06. The van der Waals surface area contributed by atoms with Crippen molar-refractivity contribution in [2.24, 2.45) is 0 Å². The lowest BCUT2D eigenvalue weighted by Crippen LogP contribution is -1.93. The molecule has 0 bridgehead atoms. The Balaban J connectivity index is 1.91. The van der Waals surface area contributed by atoms with Crippen molar-refractivity contribution in [3.63, 3.8) is 0 Å². The van der Waals surface area contributed by atoms with Gasteiger partial charge in [0.15, 0.2) is 16.6 Å². The van der Waals surface area contributed by atoms with E-state index < -0.39 is 0 Å². The van der Waals surface area contributed by atoms with Crippen LogP contribution in [0, 0.1) is 5.82 Å². The number of ether oxygens (including phenoxy) is 2. The van der Waals surface area contributed by atoms with Crippen LogP contribution in [0.2, 0.25) is 0 Å². The molecule has 0 amide bonds. The van der Waals surface area contributed by atoms with Crippen LogP contribution < -0.4 is 14.8 Å².